The third kappa shape index (κ3) is 6.75. The van der Waals surface area contributed by atoms with Gasteiger partial charge in [0.25, 0.3) is 0 Å². The molecule has 0 saturated heterocycles. The number of rotatable bonds is 6. The van der Waals surface area contributed by atoms with Crippen molar-refractivity contribution in [2.45, 2.75) is 0 Å². The number of hydrogen-bond acceptors (Lipinski definition) is 4. The SMILES string of the molecule is O.O=C(C(=O)c1ccccc1)c1ccccc1.O=C(C(=O)c1ccccc1)c1ccccc1. The lowest BCUT2D eigenvalue weighted by atomic mass is 10.0. The van der Waals surface area contributed by atoms with Gasteiger partial charge in [-0.2, -0.15) is 0 Å². The Hall–Kier alpha value is -4.48. The summed E-state index contributed by atoms with van der Waals surface area (Å²) in [7, 11) is 0. The molecule has 2 N–H and O–H groups in total. The summed E-state index contributed by atoms with van der Waals surface area (Å²) >= 11 is 0. The summed E-state index contributed by atoms with van der Waals surface area (Å²) in [6.07, 6.45) is 0. The van der Waals surface area contributed by atoms with Crippen molar-refractivity contribution in [3.63, 3.8) is 0 Å². The zero-order valence-corrected chi connectivity index (χ0v) is 17.7. The predicted molar refractivity (Wildman–Crippen MR) is 127 cm³/mol. The molecule has 0 aromatic heterocycles. The van der Waals surface area contributed by atoms with E-state index in [0.29, 0.717) is 22.3 Å². The number of carbonyl (C=O) groups excluding carboxylic acids is 4. The van der Waals surface area contributed by atoms with E-state index in [1.807, 2.05) is 24.3 Å². The summed E-state index contributed by atoms with van der Waals surface area (Å²) in [5.41, 5.74) is 1.71. The van der Waals surface area contributed by atoms with Gasteiger partial charge in [0.1, 0.15) is 0 Å². The lowest BCUT2D eigenvalue weighted by Crippen LogP contribution is -2.14. The van der Waals surface area contributed by atoms with Gasteiger partial charge in [-0.3, -0.25) is 19.2 Å². The minimum absolute atomic E-state index is 0. The van der Waals surface area contributed by atoms with E-state index in [1.165, 1.54) is 0 Å². The molecule has 0 unspecified atom stereocenters. The first kappa shape index (κ1) is 24.8. The Kier molecular flexibility index (Phi) is 9.31. The van der Waals surface area contributed by atoms with Crippen molar-refractivity contribution in [3.8, 4) is 0 Å². The second-order valence-corrected chi connectivity index (χ2v) is 6.78. The summed E-state index contributed by atoms with van der Waals surface area (Å²) in [4.78, 5) is 47.2. The first-order valence-corrected chi connectivity index (χ1v) is 9.96. The highest BCUT2D eigenvalue weighted by molar-refractivity contribution is 6.49. The highest BCUT2D eigenvalue weighted by atomic mass is 16.2. The Labute approximate surface area is 191 Å². The highest BCUT2D eigenvalue weighted by Crippen LogP contribution is 2.08. The van der Waals surface area contributed by atoms with Crippen LogP contribution < -0.4 is 0 Å². The van der Waals surface area contributed by atoms with Crippen LogP contribution in [0.25, 0.3) is 0 Å². The first-order valence-electron chi connectivity index (χ1n) is 9.96. The molecule has 0 amide bonds. The van der Waals surface area contributed by atoms with Gasteiger partial charge in [-0.25, -0.2) is 0 Å². The summed E-state index contributed by atoms with van der Waals surface area (Å²) in [5.74, 6) is -1.86. The third-order valence-corrected chi connectivity index (χ3v) is 4.56. The second-order valence-electron chi connectivity index (χ2n) is 6.78. The molecule has 4 rings (SSSR count). The molecule has 0 spiro atoms. The van der Waals surface area contributed by atoms with Crippen LogP contribution >= 0.6 is 0 Å². The summed E-state index contributed by atoms with van der Waals surface area (Å²) in [6, 6.07) is 34.3. The van der Waals surface area contributed by atoms with E-state index in [0.717, 1.165) is 0 Å². The van der Waals surface area contributed by atoms with Crippen molar-refractivity contribution >= 4 is 23.1 Å². The van der Waals surface area contributed by atoms with E-state index in [-0.39, 0.29) is 5.48 Å². The molecular formula is C28H22O5. The van der Waals surface area contributed by atoms with E-state index < -0.39 is 23.1 Å². The van der Waals surface area contributed by atoms with Gasteiger partial charge in [-0.05, 0) is 0 Å². The average molecular weight is 438 g/mol. The lowest BCUT2D eigenvalue weighted by Gasteiger charge is -1.99. The highest BCUT2D eigenvalue weighted by Gasteiger charge is 2.18. The van der Waals surface area contributed by atoms with Crippen LogP contribution in [0.3, 0.4) is 0 Å². The van der Waals surface area contributed by atoms with Crippen molar-refractivity contribution < 1.29 is 24.7 Å². The van der Waals surface area contributed by atoms with Crippen LogP contribution in [0, 0.1) is 0 Å². The fourth-order valence-corrected chi connectivity index (χ4v) is 2.88. The Morgan fingerprint density at radius 3 is 0.606 bits per heavy atom. The van der Waals surface area contributed by atoms with E-state index in [9.17, 15) is 19.2 Å². The normalized spacial score (nSPS) is 9.45. The van der Waals surface area contributed by atoms with Gasteiger partial charge in [-0.1, -0.05) is 121 Å². The molecule has 0 radical (unpaired) electrons. The van der Waals surface area contributed by atoms with Crippen LogP contribution in [0.5, 0.6) is 0 Å². The number of Topliss-reactive ketones (excluding diaryl/α,β-unsaturated/α-hetero) is 4. The van der Waals surface area contributed by atoms with Crippen LogP contribution in [0.2, 0.25) is 0 Å². The number of hydrogen-bond donors (Lipinski definition) is 0. The zero-order valence-electron chi connectivity index (χ0n) is 17.7. The minimum Gasteiger partial charge on any atom is -0.412 e. The monoisotopic (exact) mass is 438 g/mol. The van der Waals surface area contributed by atoms with E-state index in [1.54, 1.807) is 97.1 Å². The van der Waals surface area contributed by atoms with Gasteiger partial charge in [-0.15, -0.1) is 0 Å². The van der Waals surface area contributed by atoms with Crippen molar-refractivity contribution in [1.29, 1.82) is 0 Å². The van der Waals surface area contributed by atoms with Crippen molar-refractivity contribution in [2.24, 2.45) is 0 Å². The van der Waals surface area contributed by atoms with Gasteiger partial charge < -0.3 is 5.48 Å². The molecule has 0 aliphatic carbocycles. The fourth-order valence-electron chi connectivity index (χ4n) is 2.88. The molecule has 0 fully saturated rings. The maximum Gasteiger partial charge on any atom is 0.233 e. The summed E-state index contributed by atoms with van der Waals surface area (Å²) in [5, 5.41) is 0. The summed E-state index contributed by atoms with van der Waals surface area (Å²) < 4.78 is 0. The molecular weight excluding hydrogens is 416 g/mol. The van der Waals surface area contributed by atoms with E-state index in [4.69, 9.17) is 0 Å². The van der Waals surface area contributed by atoms with Gasteiger partial charge in [0.05, 0.1) is 0 Å². The molecule has 5 heteroatoms. The molecule has 0 bridgehead atoms. The molecule has 33 heavy (non-hydrogen) atoms. The Morgan fingerprint density at radius 2 is 0.455 bits per heavy atom. The van der Waals surface area contributed by atoms with Crippen molar-refractivity contribution in [1.82, 2.24) is 0 Å². The van der Waals surface area contributed by atoms with Crippen LogP contribution in [0.15, 0.2) is 121 Å². The molecule has 4 aromatic carbocycles. The largest absolute Gasteiger partial charge is 0.412 e. The van der Waals surface area contributed by atoms with Crippen LogP contribution in [0.4, 0.5) is 0 Å². The Morgan fingerprint density at radius 1 is 0.303 bits per heavy atom. The average Bonchev–Trinajstić information content (AvgIpc) is 2.89. The predicted octanol–water partition coefficient (Wildman–Crippen LogP) is 4.68. The first-order chi connectivity index (χ1) is 15.6. The molecule has 0 aliphatic heterocycles. The molecule has 5 nitrogen and oxygen atoms in total. The zero-order chi connectivity index (χ0) is 22.8. The smallest absolute Gasteiger partial charge is 0.233 e. The second kappa shape index (κ2) is 12.4. The maximum absolute atomic E-state index is 11.8. The summed E-state index contributed by atoms with van der Waals surface area (Å²) in [6.45, 7) is 0. The standard InChI is InChI=1S/2C14H10O2.H2O/c2*15-13(11-7-3-1-4-8-11)14(16)12-9-5-2-6-10-12;/h2*1-10H;1H2. The topological polar surface area (TPSA) is 99.8 Å². The maximum atomic E-state index is 11.8. The van der Waals surface area contributed by atoms with E-state index >= 15 is 0 Å². The number of ketones is 4. The Bertz CT molecular complexity index is 1000. The molecule has 0 heterocycles. The van der Waals surface area contributed by atoms with Gasteiger partial charge in [0.2, 0.25) is 23.1 Å². The lowest BCUT2D eigenvalue weighted by molar-refractivity contribution is 0.0817. The van der Waals surface area contributed by atoms with Crippen LogP contribution in [-0.2, 0) is 0 Å². The number of benzene rings is 4. The van der Waals surface area contributed by atoms with Gasteiger partial charge in [0.15, 0.2) is 0 Å². The van der Waals surface area contributed by atoms with Crippen molar-refractivity contribution in [3.05, 3.63) is 144 Å². The van der Waals surface area contributed by atoms with Crippen molar-refractivity contribution in [2.75, 3.05) is 0 Å². The molecule has 164 valence electrons. The molecule has 0 saturated carbocycles. The minimum atomic E-state index is -0.466. The Balaban J connectivity index is 0.000000227. The number of carbonyl (C=O) groups is 4. The third-order valence-electron chi connectivity index (χ3n) is 4.56. The fraction of sp³-hybridized carbons (Fsp3) is 0. The van der Waals surface area contributed by atoms with Crippen LogP contribution in [-0.4, -0.2) is 28.6 Å². The van der Waals surface area contributed by atoms with Gasteiger partial charge in [0, 0.05) is 22.3 Å². The van der Waals surface area contributed by atoms with Gasteiger partial charge >= 0.3 is 0 Å². The molecule has 4 aromatic rings. The molecule has 0 atom stereocenters. The van der Waals surface area contributed by atoms with E-state index in [2.05, 4.69) is 0 Å². The van der Waals surface area contributed by atoms with Crippen LogP contribution in [0.1, 0.15) is 41.4 Å². The molecule has 0 aliphatic rings. The quantitative estimate of drug-likeness (QED) is 0.322.